The predicted octanol–water partition coefficient (Wildman–Crippen LogP) is 3.67. The van der Waals surface area contributed by atoms with E-state index in [0.29, 0.717) is 0 Å². The summed E-state index contributed by atoms with van der Waals surface area (Å²) in [4.78, 5) is 1.10. The van der Waals surface area contributed by atoms with Crippen LogP contribution in [0.5, 0.6) is 0 Å². The molecule has 2 aromatic rings. The lowest BCUT2D eigenvalue weighted by molar-refractivity contribution is -0.0217. The second-order valence-electron chi connectivity index (χ2n) is 5.57. The molecule has 0 fully saturated rings. The van der Waals surface area contributed by atoms with E-state index < -0.39 is 0 Å². The van der Waals surface area contributed by atoms with E-state index in [2.05, 4.69) is 48.0 Å². The minimum absolute atomic E-state index is 0.143. The third kappa shape index (κ3) is 2.06. The molecule has 1 N–H and O–H groups in total. The lowest BCUT2D eigenvalue weighted by atomic mass is 9.80. The van der Waals surface area contributed by atoms with Crippen LogP contribution in [0.15, 0.2) is 48.2 Å². The van der Waals surface area contributed by atoms with Crippen LogP contribution in [0, 0.1) is 0 Å². The SMILES string of the molecule is CC1(c2csc(C3OC=CO3)c2)NCCc2ccccc21. The Morgan fingerprint density at radius 3 is 2.90 bits per heavy atom. The highest BCUT2D eigenvalue weighted by Gasteiger charge is 2.34. The molecule has 0 radical (unpaired) electrons. The minimum atomic E-state index is -0.286. The van der Waals surface area contributed by atoms with Gasteiger partial charge in [-0.2, -0.15) is 0 Å². The van der Waals surface area contributed by atoms with E-state index in [1.807, 2.05) is 0 Å². The molecule has 0 bridgehead atoms. The van der Waals surface area contributed by atoms with Gasteiger partial charge in [0, 0.05) is 6.54 Å². The zero-order chi connectivity index (χ0) is 14.3. The van der Waals surface area contributed by atoms with Crippen molar-refractivity contribution in [2.24, 2.45) is 0 Å². The molecule has 3 heterocycles. The Morgan fingerprint density at radius 1 is 1.24 bits per heavy atom. The van der Waals surface area contributed by atoms with Gasteiger partial charge < -0.3 is 14.8 Å². The van der Waals surface area contributed by atoms with E-state index in [1.165, 1.54) is 16.7 Å². The second kappa shape index (κ2) is 4.90. The quantitative estimate of drug-likeness (QED) is 0.917. The highest BCUT2D eigenvalue weighted by atomic mass is 32.1. The standard InChI is InChI=1S/C17H17NO2S/c1-17(14-5-3-2-4-12(14)6-7-18-17)13-10-15(21-11-13)16-19-8-9-20-16/h2-5,8-11,16,18H,6-7H2,1H3. The summed E-state index contributed by atoms with van der Waals surface area (Å²) in [7, 11) is 0. The van der Waals surface area contributed by atoms with Crippen LogP contribution in [-0.2, 0) is 21.4 Å². The van der Waals surface area contributed by atoms with E-state index >= 15 is 0 Å². The molecule has 1 aromatic carbocycles. The van der Waals surface area contributed by atoms with Crippen LogP contribution in [0.4, 0.5) is 0 Å². The van der Waals surface area contributed by atoms with Gasteiger partial charge in [0.25, 0.3) is 6.29 Å². The zero-order valence-electron chi connectivity index (χ0n) is 11.8. The van der Waals surface area contributed by atoms with Crippen molar-refractivity contribution in [1.29, 1.82) is 0 Å². The molecule has 0 saturated carbocycles. The first-order valence-electron chi connectivity index (χ1n) is 7.16. The van der Waals surface area contributed by atoms with E-state index in [-0.39, 0.29) is 11.8 Å². The van der Waals surface area contributed by atoms with Crippen molar-refractivity contribution < 1.29 is 9.47 Å². The molecule has 4 heteroatoms. The van der Waals surface area contributed by atoms with Crippen molar-refractivity contribution in [3.63, 3.8) is 0 Å². The minimum Gasteiger partial charge on any atom is -0.454 e. The maximum Gasteiger partial charge on any atom is 0.275 e. The Bertz CT molecular complexity index is 686. The molecule has 4 rings (SSSR count). The normalized spacial score (nSPS) is 24.4. The fraction of sp³-hybridized carbons (Fsp3) is 0.294. The lowest BCUT2D eigenvalue weighted by Gasteiger charge is -2.37. The van der Waals surface area contributed by atoms with Crippen LogP contribution in [0.2, 0.25) is 0 Å². The monoisotopic (exact) mass is 299 g/mol. The third-order valence-corrected chi connectivity index (χ3v) is 5.27. The van der Waals surface area contributed by atoms with Gasteiger partial charge >= 0.3 is 0 Å². The van der Waals surface area contributed by atoms with Crippen molar-refractivity contribution in [2.45, 2.75) is 25.2 Å². The summed E-state index contributed by atoms with van der Waals surface area (Å²) in [6, 6.07) is 10.9. The second-order valence-corrected chi connectivity index (χ2v) is 6.52. The van der Waals surface area contributed by atoms with Gasteiger partial charge in [0.2, 0.25) is 0 Å². The molecular formula is C17H17NO2S. The van der Waals surface area contributed by atoms with Crippen molar-refractivity contribution in [3.8, 4) is 0 Å². The number of nitrogens with one attached hydrogen (secondary N) is 1. The average molecular weight is 299 g/mol. The van der Waals surface area contributed by atoms with Crippen LogP contribution in [0.3, 0.4) is 0 Å². The number of rotatable bonds is 2. The average Bonchev–Trinajstić information content (AvgIpc) is 3.19. The summed E-state index contributed by atoms with van der Waals surface area (Å²) < 4.78 is 10.9. The number of hydrogen-bond donors (Lipinski definition) is 1. The molecule has 0 aliphatic carbocycles. The van der Waals surface area contributed by atoms with Gasteiger partial charge in [-0.3, -0.25) is 0 Å². The summed E-state index contributed by atoms with van der Waals surface area (Å²) >= 11 is 1.68. The molecule has 2 aliphatic heterocycles. The Hall–Kier alpha value is -1.78. The first-order chi connectivity index (χ1) is 10.3. The molecule has 21 heavy (non-hydrogen) atoms. The Labute approximate surface area is 128 Å². The lowest BCUT2D eigenvalue weighted by Crippen LogP contribution is -2.45. The van der Waals surface area contributed by atoms with Crippen LogP contribution in [-0.4, -0.2) is 6.54 Å². The maximum absolute atomic E-state index is 5.43. The largest absolute Gasteiger partial charge is 0.454 e. The Balaban J connectivity index is 1.73. The van der Waals surface area contributed by atoms with E-state index in [0.717, 1.165) is 17.8 Å². The summed E-state index contributed by atoms with van der Waals surface area (Å²) in [6.45, 7) is 3.25. The topological polar surface area (TPSA) is 30.5 Å². The fourth-order valence-electron chi connectivity index (χ4n) is 3.14. The van der Waals surface area contributed by atoms with Crippen LogP contribution >= 0.6 is 11.3 Å². The van der Waals surface area contributed by atoms with Gasteiger partial charge in [-0.05, 0) is 41.5 Å². The summed E-state index contributed by atoms with van der Waals surface area (Å²) in [5, 5.41) is 5.89. The predicted molar refractivity (Wildman–Crippen MR) is 83.0 cm³/mol. The summed E-state index contributed by atoms with van der Waals surface area (Å²) in [5.41, 5.74) is 3.93. The van der Waals surface area contributed by atoms with Crippen molar-refractivity contribution in [2.75, 3.05) is 6.54 Å². The molecule has 0 spiro atoms. The molecule has 0 saturated heterocycles. The molecule has 0 amide bonds. The van der Waals surface area contributed by atoms with Gasteiger partial charge in [0.15, 0.2) is 0 Å². The Kier molecular flexibility index (Phi) is 3.01. The number of benzene rings is 1. The van der Waals surface area contributed by atoms with Gasteiger partial charge in [-0.1, -0.05) is 24.3 Å². The van der Waals surface area contributed by atoms with Crippen molar-refractivity contribution in [3.05, 3.63) is 69.8 Å². The first kappa shape index (κ1) is 12.9. The third-order valence-electron chi connectivity index (χ3n) is 4.32. The zero-order valence-corrected chi connectivity index (χ0v) is 12.7. The first-order valence-corrected chi connectivity index (χ1v) is 8.03. The van der Waals surface area contributed by atoms with Gasteiger partial charge in [0.1, 0.15) is 12.5 Å². The molecular weight excluding hydrogens is 282 g/mol. The molecule has 2 aliphatic rings. The van der Waals surface area contributed by atoms with Crippen LogP contribution in [0.25, 0.3) is 0 Å². The van der Waals surface area contributed by atoms with Crippen molar-refractivity contribution in [1.82, 2.24) is 5.32 Å². The molecule has 108 valence electrons. The highest BCUT2D eigenvalue weighted by molar-refractivity contribution is 7.10. The van der Waals surface area contributed by atoms with E-state index in [1.54, 1.807) is 23.9 Å². The number of fused-ring (bicyclic) bond motifs is 1. The number of thiophene rings is 1. The maximum atomic E-state index is 5.43. The smallest absolute Gasteiger partial charge is 0.275 e. The molecule has 1 aromatic heterocycles. The van der Waals surface area contributed by atoms with Gasteiger partial charge in [0.05, 0.1) is 10.4 Å². The van der Waals surface area contributed by atoms with Crippen molar-refractivity contribution >= 4 is 11.3 Å². The number of hydrogen-bond acceptors (Lipinski definition) is 4. The molecule has 3 nitrogen and oxygen atoms in total. The highest BCUT2D eigenvalue weighted by Crippen LogP contribution is 2.39. The van der Waals surface area contributed by atoms with E-state index in [9.17, 15) is 0 Å². The van der Waals surface area contributed by atoms with Gasteiger partial charge in [-0.15, -0.1) is 11.3 Å². The number of ether oxygens (including phenoxy) is 2. The van der Waals surface area contributed by atoms with Gasteiger partial charge in [-0.25, -0.2) is 0 Å². The van der Waals surface area contributed by atoms with Crippen LogP contribution < -0.4 is 5.32 Å². The molecule has 1 atom stereocenters. The summed E-state index contributed by atoms with van der Waals surface area (Å²) in [6.07, 6.45) is 3.99. The summed E-state index contributed by atoms with van der Waals surface area (Å²) in [5.74, 6) is 0. The van der Waals surface area contributed by atoms with E-state index in [4.69, 9.17) is 9.47 Å². The van der Waals surface area contributed by atoms with Crippen LogP contribution in [0.1, 0.15) is 34.8 Å². The fourth-order valence-corrected chi connectivity index (χ4v) is 4.12. The Morgan fingerprint density at radius 2 is 2.05 bits per heavy atom. The molecule has 1 unspecified atom stereocenters.